The zero-order chi connectivity index (χ0) is 12.1. The zero-order valence-electron chi connectivity index (χ0n) is 9.48. The molecule has 0 bridgehead atoms. The van der Waals surface area contributed by atoms with Crippen LogP contribution in [0.3, 0.4) is 0 Å². The molecule has 0 aliphatic carbocycles. The van der Waals surface area contributed by atoms with E-state index in [1.807, 2.05) is 36.1 Å². The van der Waals surface area contributed by atoms with Gasteiger partial charge in [0.05, 0.1) is 0 Å². The topological polar surface area (TPSA) is 40.5 Å². The van der Waals surface area contributed by atoms with Crippen molar-refractivity contribution >= 4 is 17.6 Å². The first kappa shape index (κ1) is 13.0. The molecule has 88 valence electrons. The van der Waals surface area contributed by atoms with E-state index in [1.54, 1.807) is 6.92 Å². The molecular formula is C12H16ClNO2. The molecule has 1 rings (SSSR count). The minimum Gasteiger partial charge on any atom is -0.480 e. The average Bonchev–Trinajstić information content (AvgIpc) is 2.27. The zero-order valence-corrected chi connectivity index (χ0v) is 10.2. The summed E-state index contributed by atoms with van der Waals surface area (Å²) in [5, 5.41) is 9.64. The van der Waals surface area contributed by atoms with Crippen molar-refractivity contribution in [1.82, 2.24) is 4.90 Å². The Balaban J connectivity index is 2.70. The molecule has 1 aromatic rings. The fourth-order valence-electron chi connectivity index (χ4n) is 1.50. The van der Waals surface area contributed by atoms with Crippen molar-refractivity contribution in [3.8, 4) is 0 Å². The summed E-state index contributed by atoms with van der Waals surface area (Å²) in [6.07, 6.45) is 0. The summed E-state index contributed by atoms with van der Waals surface area (Å²) in [6.45, 7) is 4.98. The van der Waals surface area contributed by atoms with Crippen molar-refractivity contribution in [2.75, 3.05) is 6.54 Å². The summed E-state index contributed by atoms with van der Waals surface area (Å²) in [5.41, 5.74) is 1.07. The third-order valence-electron chi connectivity index (χ3n) is 2.61. The van der Waals surface area contributed by atoms with Crippen LogP contribution in [-0.4, -0.2) is 28.6 Å². The van der Waals surface area contributed by atoms with E-state index in [-0.39, 0.29) is 0 Å². The van der Waals surface area contributed by atoms with Crippen LogP contribution >= 0.6 is 11.6 Å². The van der Waals surface area contributed by atoms with Crippen molar-refractivity contribution in [3.05, 3.63) is 34.9 Å². The van der Waals surface area contributed by atoms with Crippen molar-refractivity contribution in [2.24, 2.45) is 0 Å². The molecule has 16 heavy (non-hydrogen) atoms. The fraction of sp³-hybridized carbons (Fsp3) is 0.417. The van der Waals surface area contributed by atoms with Gasteiger partial charge in [-0.05, 0) is 31.2 Å². The lowest BCUT2D eigenvalue weighted by Crippen LogP contribution is -2.38. The van der Waals surface area contributed by atoms with Crippen LogP contribution in [0, 0.1) is 0 Å². The summed E-state index contributed by atoms with van der Waals surface area (Å²) in [5.74, 6) is -0.796. The highest BCUT2D eigenvalue weighted by molar-refractivity contribution is 6.30. The Kier molecular flexibility index (Phi) is 4.77. The number of likely N-dealkylation sites (N-methyl/N-ethyl adjacent to an activating group) is 1. The van der Waals surface area contributed by atoms with Crippen LogP contribution in [0.2, 0.25) is 5.02 Å². The average molecular weight is 242 g/mol. The summed E-state index contributed by atoms with van der Waals surface area (Å²) in [7, 11) is 0. The molecule has 1 atom stereocenters. The molecule has 0 spiro atoms. The van der Waals surface area contributed by atoms with Crippen LogP contribution in [0.4, 0.5) is 0 Å². The second kappa shape index (κ2) is 5.87. The van der Waals surface area contributed by atoms with Crippen LogP contribution in [0.15, 0.2) is 24.3 Å². The number of halogens is 1. The van der Waals surface area contributed by atoms with Crippen LogP contribution < -0.4 is 0 Å². The number of carbonyl (C=O) groups is 1. The van der Waals surface area contributed by atoms with E-state index in [4.69, 9.17) is 16.7 Å². The Hall–Kier alpha value is -1.06. The van der Waals surface area contributed by atoms with Crippen LogP contribution in [0.25, 0.3) is 0 Å². The van der Waals surface area contributed by atoms with E-state index in [1.165, 1.54) is 0 Å². The van der Waals surface area contributed by atoms with Gasteiger partial charge in [0.1, 0.15) is 6.04 Å². The number of carboxylic acid groups (broad SMARTS) is 1. The fourth-order valence-corrected chi connectivity index (χ4v) is 1.63. The monoisotopic (exact) mass is 241 g/mol. The van der Waals surface area contributed by atoms with Gasteiger partial charge in [-0.3, -0.25) is 9.69 Å². The van der Waals surface area contributed by atoms with E-state index in [0.717, 1.165) is 5.56 Å². The summed E-state index contributed by atoms with van der Waals surface area (Å²) in [4.78, 5) is 12.8. The molecule has 3 nitrogen and oxygen atoms in total. The highest BCUT2D eigenvalue weighted by Crippen LogP contribution is 2.12. The number of benzene rings is 1. The smallest absolute Gasteiger partial charge is 0.320 e. The lowest BCUT2D eigenvalue weighted by atomic mass is 10.2. The maximum Gasteiger partial charge on any atom is 0.320 e. The molecule has 4 heteroatoms. The molecule has 0 amide bonds. The minimum absolute atomic E-state index is 0.472. The van der Waals surface area contributed by atoms with Gasteiger partial charge in [0.15, 0.2) is 0 Å². The normalized spacial score (nSPS) is 12.8. The predicted octanol–water partition coefficient (Wildman–Crippen LogP) is 2.63. The summed E-state index contributed by atoms with van der Waals surface area (Å²) >= 11 is 5.79. The van der Waals surface area contributed by atoms with Crippen molar-refractivity contribution in [2.45, 2.75) is 26.4 Å². The molecule has 1 N–H and O–H groups in total. The molecular weight excluding hydrogens is 226 g/mol. The summed E-state index contributed by atoms with van der Waals surface area (Å²) in [6, 6.07) is 6.99. The number of nitrogens with zero attached hydrogens (tertiary/aromatic N) is 1. The highest BCUT2D eigenvalue weighted by atomic mass is 35.5. The van der Waals surface area contributed by atoms with Gasteiger partial charge in [-0.15, -0.1) is 0 Å². The van der Waals surface area contributed by atoms with E-state index >= 15 is 0 Å². The van der Waals surface area contributed by atoms with Crippen LogP contribution in [-0.2, 0) is 11.3 Å². The molecule has 0 saturated carbocycles. The van der Waals surface area contributed by atoms with Gasteiger partial charge in [0.25, 0.3) is 0 Å². The first-order valence-corrected chi connectivity index (χ1v) is 5.63. The van der Waals surface area contributed by atoms with Gasteiger partial charge in [0.2, 0.25) is 0 Å². The van der Waals surface area contributed by atoms with E-state index in [0.29, 0.717) is 18.1 Å². The minimum atomic E-state index is -0.796. The molecule has 0 heterocycles. The van der Waals surface area contributed by atoms with Gasteiger partial charge >= 0.3 is 5.97 Å². The molecule has 1 unspecified atom stereocenters. The molecule has 0 fully saturated rings. The van der Waals surface area contributed by atoms with E-state index in [9.17, 15) is 4.79 Å². The number of rotatable bonds is 5. The van der Waals surface area contributed by atoms with Crippen LogP contribution in [0.1, 0.15) is 19.4 Å². The molecule has 1 aromatic carbocycles. The van der Waals surface area contributed by atoms with E-state index < -0.39 is 12.0 Å². The first-order chi connectivity index (χ1) is 7.54. The van der Waals surface area contributed by atoms with E-state index in [2.05, 4.69) is 0 Å². The van der Waals surface area contributed by atoms with Gasteiger partial charge in [-0.1, -0.05) is 30.7 Å². The molecule has 0 aromatic heterocycles. The maximum absolute atomic E-state index is 10.9. The SMILES string of the molecule is CCN(Cc1ccc(Cl)cc1)C(C)C(=O)O. The quantitative estimate of drug-likeness (QED) is 0.862. The summed E-state index contributed by atoms with van der Waals surface area (Å²) < 4.78 is 0. The Labute approximate surface area is 101 Å². The van der Waals surface area contributed by atoms with Crippen LogP contribution in [0.5, 0.6) is 0 Å². The maximum atomic E-state index is 10.9. The van der Waals surface area contributed by atoms with Crippen molar-refractivity contribution in [3.63, 3.8) is 0 Å². The van der Waals surface area contributed by atoms with Gasteiger partial charge in [-0.2, -0.15) is 0 Å². The number of carboxylic acids is 1. The number of aliphatic carboxylic acids is 1. The molecule has 0 aliphatic rings. The molecule has 0 aliphatic heterocycles. The van der Waals surface area contributed by atoms with Crippen molar-refractivity contribution < 1.29 is 9.90 Å². The predicted molar refractivity (Wildman–Crippen MR) is 64.6 cm³/mol. The third-order valence-corrected chi connectivity index (χ3v) is 2.86. The lowest BCUT2D eigenvalue weighted by Gasteiger charge is -2.24. The number of hydrogen-bond acceptors (Lipinski definition) is 2. The Bertz CT molecular complexity index is 351. The van der Waals surface area contributed by atoms with Crippen molar-refractivity contribution in [1.29, 1.82) is 0 Å². The second-order valence-electron chi connectivity index (χ2n) is 3.70. The second-order valence-corrected chi connectivity index (χ2v) is 4.14. The third kappa shape index (κ3) is 3.51. The number of hydrogen-bond donors (Lipinski definition) is 1. The standard InChI is InChI=1S/C12H16ClNO2/c1-3-14(9(2)12(15)16)8-10-4-6-11(13)7-5-10/h4-7,9H,3,8H2,1-2H3,(H,15,16). The Morgan fingerprint density at radius 2 is 2.00 bits per heavy atom. The van der Waals surface area contributed by atoms with Gasteiger partial charge in [-0.25, -0.2) is 0 Å². The van der Waals surface area contributed by atoms with Gasteiger partial charge in [0, 0.05) is 11.6 Å². The Morgan fingerprint density at radius 3 is 2.44 bits per heavy atom. The highest BCUT2D eigenvalue weighted by Gasteiger charge is 2.18. The molecule has 0 radical (unpaired) electrons. The molecule has 0 saturated heterocycles. The lowest BCUT2D eigenvalue weighted by molar-refractivity contribution is -0.142. The first-order valence-electron chi connectivity index (χ1n) is 5.26. The van der Waals surface area contributed by atoms with Gasteiger partial charge < -0.3 is 5.11 Å². The largest absolute Gasteiger partial charge is 0.480 e. The Morgan fingerprint density at radius 1 is 1.44 bits per heavy atom.